The summed E-state index contributed by atoms with van der Waals surface area (Å²) in [5.41, 5.74) is 1.19. The lowest BCUT2D eigenvalue weighted by Crippen LogP contribution is -2.21. The van der Waals surface area contributed by atoms with Crippen LogP contribution in [0.25, 0.3) is 0 Å². The van der Waals surface area contributed by atoms with Crippen molar-refractivity contribution in [1.29, 1.82) is 0 Å². The molecule has 2 aromatic rings. The lowest BCUT2D eigenvalue weighted by Gasteiger charge is -2.10. The van der Waals surface area contributed by atoms with Crippen molar-refractivity contribution in [3.63, 3.8) is 0 Å². The first-order valence-corrected chi connectivity index (χ1v) is 6.24. The van der Waals surface area contributed by atoms with Crippen molar-refractivity contribution >= 4 is 0 Å². The number of rotatable bonds is 6. The van der Waals surface area contributed by atoms with Gasteiger partial charge < -0.3 is 9.84 Å². The van der Waals surface area contributed by atoms with Gasteiger partial charge in [-0.1, -0.05) is 5.16 Å². The van der Waals surface area contributed by atoms with E-state index in [4.69, 9.17) is 4.52 Å². The molecule has 0 aliphatic heterocycles. The van der Waals surface area contributed by atoms with Crippen LogP contribution in [0.3, 0.4) is 0 Å². The Bertz CT molecular complexity index is 490. The van der Waals surface area contributed by atoms with Gasteiger partial charge in [0, 0.05) is 37.3 Å². The van der Waals surface area contributed by atoms with Gasteiger partial charge in [0.15, 0.2) is 5.82 Å². The van der Waals surface area contributed by atoms with Crippen LogP contribution in [-0.2, 0) is 13.0 Å². The molecule has 0 aromatic carbocycles. The molecule has 2 rings (SSSR count). The summed E-state index contributed by atoms with van der Waals surface area (Å²) >= 11 is 0. The van der Waals surface area contributed by atoms with Crippen LogP contribution < -0.4 is 5.32 Å². The van der Waals surface area contributed by atoms with E-state index < -0.39 is 0 Å². The van der Waals surface area contributed by atoms with E-state index in [9.17, 15) is 0 Å². The first-order valence-electron chi connectivity index (χ1n) is 6.24. The Balaban J connectivity index is 1.79. The molecule has 0 amide bonds. The van der Waals surface area contributed by atoms with E-state index in [1.54, 1.807) is 0 Å². The van der Waals surface area contributed by atoms with Crippen molar-refractivity contribution in [1.82, 2.24) is 25.2 Å². The van der Waals surface area contributed by atoms with Gasteiger partial charge in [-0.25, -0.2) is 0 Å². The molecule has 1 unspecified atom stereocenters. The first-order chi connectivity index (χ1) is 8.69. The predicted molar refractivity (Wildman–Crippen MR) is 67.1 cm³/mol. The Labute approximate surface area is 106 Å². The number of nitrogens with one attached hydrogen (secondary N) is 1. The maximum absolute atomic E-state index is 5.06. The van der Waals surface area contributed by atoms with Gasteiger partial charge in [-0.2, -0.15) is 10.1 Å². The van der Waals surface area contributed by atoms with Crippen LogP contribution in [0, 0.1) is 6.92 Å². The molecule has 0 saturated heterocycles. The zero-order valence-electron chi connectivity index (χ0n) is 11.1. The smallest absolute Gasteiger partial charge is 0.227 e. The van der Waals surface area contributed by atoms with Crippen molar-refractivity contribution in [2.45, 2.75) is 39.8 Å². The normalized spacial score (nSPS) is 12.8. The van der Waals surface area contributed by atoms with E-state index in [-0.39, 0.29) is 6.04 Å². The minimum Gasteiger partial charge on any atom is -0.339 e. The lowest BCUT2D eigenvalue weighted by atomic mass is 10.2. The van der Waals surface area contributed by atoms with Gasteiger partial charge in [0.1, 0.15) is 0 Å². The molecule has 6 nitrogen and oxygen atoms in total. The summed E-state index contributed by atoms with van der Waals surface area (Å²) in [4.78, 5) is 4.16. The minimum atomic E-state index is 0.273. The van der Waals surface area contributed by atoms with Crippen LogP contribution in [0.1, 0.15) is 37.2 Å². The second-order valence-corrected chi connectivity index (χ2v) is 4.29. The molecule has 1 N–H and O–H groups in total. The zero-order valence-corrected chi connectivity index (χ0v) is 11.1. The molecule has 0 fully saturated rings. The van der Waals surface area contributed by atoms with E-state index >= 15 is 0 Å². The molecule has 1 atom stereocenters. The fraction of sp³-hybridized carbons (Fsp3) is 0.583. The Morgan fingerprint density at radius 1 is 1.50 bits per heavy atom. The quantitative estimate of drug-likeness (QED) is 0.840. The molecule has 0 spiro atoms. The number of hydrogen-bond acceptors (Lipinski definition) is 5. The molecular formula is C12H19N5O. The van der Waals surface area contributed by atoms with Gasteiger partial charge in [-0.05, 0) is 20.8 Å². The van der Waals surface area contributed by atoms with Crippen LogP contribution in [0.4, 0.5) is 0 Å². The third-order valence-electron chi connectivity index (χ3n) is 2.84. The van der Waals surface area contributed by atoms with Gasteiger partial charge in [0.25, 0.3) is 0 Å². The van der Waals surface area contributed by atoms with E-state index in [2.05, 4.69) is 40.6 Å². The van der Waals surface area contributed by atoms with Crippen molar-refractivity contribution in [2.24, 2.45) is 0 Å². The van der Waals surface area contributed by atoms with Crippen molar-refractivity contribution < 1.29 is 4.52 Å². The molecule has 2 heterocycles. The Kier molecular flexibility index (Phi) is 4.09. The summed E-state index contributed by atoms with van der Waals surface area (Å²) in [6, 6.07) is 0.273. The lowest BCUT2D eigenvalue weighted by molar-refractivity contribution is 0.370. The third kappa shape index (κ3) is 3.16. The highest BCUT2D eigenvalue weighted by molar-refractivity contribution is 5.09. The maximum Gasteiger partial charge on any atom is 0.227 e. The Morgan fingerprint density at radius 3 is 2.94 bits per heavy atom. The van der Waals surface area contributed by atoms with Crippen LogP contribution in [0.15, 0.2) is 16.9 Å². The fourth-order valence-electron chi connectivity index (χ4n) is 1.73. The highest BCUT2D eigenvalue weighted by atomic mass is 16.5. The second kappa shape index (κ2) is 5.77. The topological polar surface area (TPSA) is 68.8 Å². The largest absolute Gasteiger partial charge is 0.339 e. The molecule has 0 radical (unpaired) electrons. The van der Waals surface area contributed by atoms with Crippen LogP contribution in [0.2, 0.25) is 0 Å². The monoisotopic (exact) mass is 249 g/mol. The van der Waals surface area contributed by atoms with E-state index in [0.717, 1.165) is 19.5 Å². The molecule has 0 aliphatic rings. The van der Waals surface area contributed by atoms with Gasteiger partial charge >= 0.3 is 0 Å². The molecule has 2 aromatic heterocycles. The summed E-state index contributed by atoms with van der Waals surface area (Å²) in [5, 5.41) is 11.4. The van der Waals surface area contributed by atoms with Gasteiger partial charge in [-0.3, -0.25) is 4.68 Å². The first kappa shape index (κ1) is 12.8. The number of hydrogen-bond donors (Lipinski definition) is 1. The summed E-state index contributed by atoms with van der Waals surface area (Å²) in [5.74, 6) is 1.36. The van der Waals surface area contributed by atoms with E-state index in [0.29, 0.717) is 11.7 Å². The van der Waals surface area contributed by atoms with Crippen LogP contribution in [-0.4, -0.2) is 26.5 Å². The third-order valence-corrected chi connectivity index (χ3v) is 2.84. The zero-order chi connectivity index (χ0) is 13.0. The van der Waals surface area contributed by atoms with E-state index in [1.807, 2.05) is 17.8 Å². The molecule has 0 saturated carbocycles. The molecule has 18 heavy (non-hydrogen) atoms. The summed E-state index contributed by atoms with van der Waals surface area (Å²) in [7, 11) is 0. The standard InChI is InChI=1S/C12H19N5O/c1-4-17-8-11(7-14-17)9(2)13-6-5-12-15-10(3)16-18-12/h7-9,13H,4-6H2,1-3H3. The number of nitrogens with zero attached hydrogens (tertiary/aromatic N) is 4. The van der Waals surface area contributed by atoms with Crippen molar-refractivity contribution in [2.75, 3.05) is 6.54 Å². The van der Waals surface area contributed by atoms with Gasteiger partial charge in [0.05, 0.1) is 6.20 Å². The molecule has 98 valence electrons. The highest BCUT2D eigenvalue weighted by Crippen LogP contribution is 2.10. The van der Waals surface area contributed by atoms with Gasteiger partial charge in [-0.15, -0.1) is 0 Å². The average molecular weight is 249 g/mol. The molecule has 0 bridgehead atoms. The maximum atomic E-state index is 5.06. The summed E-state index contributed by atoms with van der Waals surface area (Å²) < 4.78 is 6.98. The van der Waals surface area contributed by atoms with Crippen LogP contribution >= 0.6 is 0 Å². The Hall–Kier alpha value is -1.69. The molecular weight excluding hydrogens is 230 g/mol. The van der Waals surface area contributed by atoms with E-state index in [1.165, 1.54) is 5.56 Å². The highest BCUT2D eigenvalue weighted by Gasteiger charge is 2.08. The number of aryl methyl sites for hydroxylation is 2. The van der Waals surface area contributed by atoms with Crippen molar-refractivity contribution in [3.05, 3.63) is 29.7 Å². The minimum absolute atomic E-state index is 0.273. The summed E-state index contributed by atoms with van der Waals surface area (Å²) in [6.45, 7) is 7.72. The fourth-order valence-corrected chi connectivity index (χ4v) is 1.73. The number of aromatic nitrogens is 4. The summed E-state index contributed by atoms with van der Waals surface area (Å²) in [6.07, 6.45) is 4.71. The second-order valence-electron chi connectivity index (χ2n) is 4.29. The SMILES string of the molecule is CCn1cc(C(C)NCCc2nc(C)no2)cn1. The Morgan fingerprint density at radius 2 is 2.33 bits per heavy atom. The average Bonchev–Trinajstić information content (AvgIpc) is 2.98. The predicted octanol–water partition coefficient (Wildman–Crippen LogP) is 1.49. The molecule has 6 heteroatoms. The van der Waals surface area contributed by atoms with Gasteiger partial charge in [0.2, 0.25) is 5.89 Å². The molecule has 0 aliphatic carbocycles. The van der Waals surface area contributed by atoms with Crippen LogP contribution in [0.5, 0.6) is 0 Å². The van der Waals surface area contributed by atoms with Crippen molar-refractivity contribution in [3.8, 4) is 0 Å².